The van der Waals surface area contributed by atoms with Crippen LogP contribution in [0.3, 0.4) is 0 Å². The van der Waals surface area contributed by atoms with E-state index < -0.39 is 0 Å². The van der Waals surface area contributed by atoms with Gasteiger partial charge in [-0.2, -0.15) is 0 Å². The van der Waals surface area contributed by atoms with Gasteiger partial charge in [-0.25, -0.2) is 0 Å². The van der Waals surface area contributed by atoms with Crippen molar-refractivity contribution in [1.29, 1.82) is 0 Å². The molecular formula is C14H17N. The Kier molecular flexibility index (Phi) is 3.29. The van der Waals surface area contributed by atoms with Gasteiger partial charge < -0.3 is 5.32 Å². The van der Waals surface area contributed by atoms with Crippen molar-refractivity contribution < 1.29 is 0 Å². The fourth-order valence-corrected chi connectivity index (χ4v) is 1.48. The van der Waals surface area contributed by atoms with Gasteiger partial charge >= 0.3 is 0 Å². The van der Waals surface area contributed by atoms with Gasteiger partial charge in [0.05, 0.1) is 0 Å². The lowest BCUT2D eigenvalue weighted by molar-refractivity contribution is 0.792. The van der Waals surface area contributed by atoms with E-state index in [1.54, 1.807) is 0 Å². The zero-order valence-electron chi connectivity index (χ0n) is 9.16. The Morgan fingerprint density at radius 1 is 1.33 bits per heavy atom. The van der Waals surface area contributed by atoms with E-state index in [1.807, 2.05) is 0 Å². The predicted octanol–water partition coefficient (Wildman–Crippen LogP) is 2.89. The Morgan fingerprint density at radius 2 is 2.07 bits per heavy atom. The lowest BCUT2D eigenvalue weighted by Crippen LogP contribution is -2.07. The molecule has 1 aliphatic rings. The fourth-order valence-electron chi connectivity index (χ4n) is 1.48. The van der Waals surface area contributed by atoms with Crippen molar-refractivity contribution in [3.05, 3.63) is 35.9 Å². The quantitative estimate of drug-likeness (QED) is 0.583. The highest BCUT2D eigenvalue weighted by molar-refractivity contribution is 5.20. The van der Waals surface area contributed by atoms with Gasteiger partial charge in [0.1, 0.15) is 0 Å². The topological polar surface area (TPSA) is 12.0 Å². The molecule has 1 saturated carbocycles. The zero-order chi connectivity index (χ0) is 10.5. The van der Waals surface area contributed by atoms with Crippen LogP contribution >= 0.6 is 0 Å². The van der Waals surface area contributed by atoms with Crippen LogP contribution in [-0.2, 0) is 0 Å². The monoisotopic (exact) mass is 199 g/mol. The van der Waals surface area contributed by atoms with Gasteiger partial charge in [0.15, 0.2) is 0 Å². The third kappa shape index (κ3) is 3.32. The molecule has 0 aliphatic heterocycles. The maximum Gasteiger partial charge on any atom is 0.0342 e. The van der Waals surface area contributed by atoms with Crippen molar-refractivity contribution in [2.45, 2.75) is 38.1 Å². The van der Waals surface area contributed by atoms with Crippen molar-refractivity contribution in [2.24, 2.45) is 0 Å². The van der Waals surface area contributed by atoms with Crippen LogP contribution in [0, 0.1) is 12.0 Å². The average Bonchev–Trinajstić information content (AvgIpc) is 3.09. The van der Waals surface area contributed by atoms with E-state index in [4.69, 9.17) is 0 Å². The first-order valence-corrected chi connectivity index (χ1v) is 5.64. The third-order valence-corrected chi connectivity index (χ3v) is 2.72. The van der Waals surface area contributed by atoms with Crippen LogP contribution in [0.25, 0.3) is 0 Å². The summed E-state index contributed by atoms with van der Waals surface area (Å²) in [7, 11) is 0. The predicted molar refractivity (Wildman–Crippen MR) is 63.4 cm³/mol. The molecule has 0 aromatic heterocycles. The number of hydrogen-bond donors (Lipinski definition) is 1. The molecule has 1 unspecified atom stereocenters. The summed E-state index contributed by atoms with van der Waals surface area (Å²) < 4.78 is 0. The molecule has 1 N–H and O–H groups in total. The Balaban J connectivity index is 1.80. The van der Waals surface area contributed by atoms with E-state index in [0.717, 1.165) is 6.42 Å². The molecule has 2 rings (SSSR count). The number of hydrogen-bond acceptors (Lipinski definition) is 1. The van der Waals surface area contributed by atoms with Gasteiger partial charge in [0.25, 0.3) is 0 Å². The lowest BCUT2D eigenvalue weighted by atomic mass is 9.98. The molecule has 15 heavy (non-hydrogen) atoms. The van der Waals surface area contributed by atoms with E-state index in [2.05, 4.69) is 54.5 Å². The third-order valence-electron chi connectivity index (χ3n) is 2.72. The number of benzene rings is 1. The molecule has 0 saturated heterocycles. The number of rotatable bonds is 3. The molecule has 0 radical (unpaired) electrons. The van der Waals surface area contributed by atoms with Crippen molar-refractivity contribution in [3.63, 3.8) is 0 Å². The Morgan fingerprint density at radius 3 is 2.73 bits per heavy atom. The second-order valence-electron chi connectivity index (χ2n) is 4.24. The Bertz CT molecular complexity index is 354. The van der Waals surface area contributed by atoms with Gasteiger partial charge in [-0.3, -0.25) is 0 Å². The summed E-state index contributed by atoms with van der Waals surface area (Å²) in [5.41, 5.74) is 1.37. The molecular weight excluding hydrogens is 182 g/mol. The van der Waals surface area contributed by atoms with Crippen LogP contribution in [0.2, 0.25) is 0 Å². The molecule has 0 heterocycles. The molecule has 1 aromatic rings. The smallest absolute Gasteiger partial charge is 0.0342 e. The van der Waals surface area contributed by atoms with Crippen LogP contribution in [-0.4, -0.2) is 6.04 Å². The van der Waals surface area contributed by atoms with Crippen molar-refractivity contribution >= 4 is 0 Å². The summed E-state index contributed by atoms with van der Waals surface area (Å²) in [5.74, 6) is 3.72. The average molecular weight is 199 g/mol. The minimum Gasteiger partial charge on any atom is -0.343 e. The SMILES string of the molecule is CC(CC#CNC1CC1)c1ccccc1. The van der Waals surface area contributed by atoms with Gasteiger partial charge in [-0.15, -0.1) is 0 Å². The van der Waals surface area contributed by atoms with Crippen molar-refractivity contribution in [3.8, 4) is 12.0 Å². The number of nitrogens with one attached hydrogen (secondary N) is 1. The summed E-state index contributed by atoms with van der Waals surface area (Å²) in [6.07, 6.45) is 3.52. The maximum absolute atomic E-state index is 3.20. The van der Waals surface area contributed by atoms with E-state index >= 15 is 0 Å². The molecule has 0 spiro atoms. The van der Waals surface area contributed by atoms with Crippen LogP contribution in [0.1, 0.15) is 37.7 Å². The van der Waals surface area contributed by atoms with Gasteiger partial charge in [-0.1, -0.05) is 43.2 Å². The summed E-state index contributed by atoms with van der Waals surface area (Å²) in [5, 5.41) is 3.20. The highest BCUT2D eigenvalue weighted by atomic mass is 14.9. The van der Waals surface area contributed by atoms with Crippen molar-refractivity contribution in [1.82, 2.24) is 5.32 Å². The molecule has 1 nitrogen and oxygen atoms in total. The summed E-state index contributed by atoms with van der Waals surface area (Å²) in [6.45, 7) is 2.22. The van der Waals surface area contributed by atoms with Crippen molar-refractivity contribution in [2.75, 3.05) is 0 Å². The second kappa shape index (κ2) is 4.89. The van der Waals surface area contributed by atoms with Gasteiger partial charge in [0.2, 0.25) is 0 Å². The van der Waals surface area contributed by atoms with Crippen LogP contribution in [0.5, 0.6) is 0 Å². The molecule has 1 aliphatic carbocycles. The lowest BCUT2D eigenvalue weighted by Gasteiger charge is -2.06. The molecule has 78 valence electrons. The standard InChI is InChI=1S/C14H17N/c1-12(13-7-3-2-4-8-13)6-5-11-15-14-9-10-14/h2-4,7-8,12,14-15H,6,9-10H2,1H3. The highest BCUT2D eigenvalue weighted by Gasteiger charge is 2.18. The van der Waals surface area contributed by atoms with Gasteiger partial charge in [-0.05, 0) is 24.3 Å². The van der Waals surface area contributed by atoms with Crippen LogP contribution in [0.4, 0.5) is 0 Å². The van der Waals surface area contributed by atoms with Crippen LogP contribution in [0.15, 0.2) is 30.3 Å². The summed E-state index contributed by atoms with van der Waals surface area (Å²) in [6, 6.07) is 14.3. The first kappa shape index (κ1) is 10.1. The Labute approximate surface area is 91.9 Å². The molecule has 0 amide bonds. The molecule has 1 heteroatoms. The fraction of sp³-hybridized carbons (Fsp3) is 0.429. The first-order valence-electron chi connectivity index (χ1n) is 5.64. The minimum absolute atomic E-state index is 0.528. The first-order chi connectivity index (χ1) is 7.36. The molecule has 1 fully saturated rings. The molecule has 1 aromatic carbocycles. The van der Waals surface area contributed by atoms with Gasteiger partial charge in [0, 0.05) is 18.5 Å². The normalized spacial score (nSPS) is 16.3. The zero-order valence-corrected chi connectivity index (χ0v) is 9.16. The summed E-state index contributed by atoms with van der Waals surface area (Å²) in [4.78, 5) is 0. The highest BCUT2D eigenvalue weighted by Crippen LogP contribution is 2.18. The largest absolute Gasteiger partial charge is 0.343 e. The van der Waals surface area contributed by atoms with E-state index in [9.17, 15) is 0 Å². The van der Waals surface area contributed by atoms with E-state index in [1.165, 1.54) is 18.4 Å². The van der Waals surface area contributed by atoms with E-state index in [-0.39, 0.29) is 0 Å². The molecule has 0 bridgehead atoms. The summed E-state index contributed by atoms with van der Waals surface area (Å²) >= 11 is 0. The van der Waals surface area contributed by atoms with Crippen LogP contribution < -0.4 is 5.32 Å². The molecule has 1 atom stereocenters. The Hall–Kier alpha value is -1.42. The maximum atomic E-state index is 3.20. The second-order valence-corrected chi connectivity index (χ2v) is 4.24. The minimum atomic E-state index is 0.528. The van der Waals surface area contributed by atoms with E-state index in [0.29, 0.717) is 12.0 Å².